The van der Waals surface area contributed by atoms with E-state index in [0.29, 0.717) is 6.04 Å². The SMILES string of the molecule is c1ccc(CN2CCCC2CNc2nc3c(c(N4CCCCCC4)n2)CNCC3)cc1. The molecule has 166 valence electrons. The number of aromatic nitrogens is 2. The van der Waals surface area contributed by atoms with E-state index in [2.05, 4.69) is 50.8 Å². The highest BCUT2D eigenvalue weighted by molar-refractivity contribution is 5.53. The number of anilines is 2. The lowest BCUT2D eigenvalue weighted by atomic mass is 10.1. The van der Waals surface area contributed by atoms with Gasteiger partial charge in [-0.1, -0.05) is 43.2 Å². The summed E-state index contributed by atoms with van der Waals surface area (Å²) in [7, 11) is 0. The molecule has 3 aliphatic heterocycles. The van der Waals surface area contributed by atoms with Crippen LogP contribution in [-0.4, -0.2) is 53.6 Å². The first-order valence-electron chi connectivity index (χ1n) is 12.2. The van der Waals surface area contributed by atoms with Crippen LogP contribution in [0.15, 0.2) is 30.3 Å². The molecule has 5 rings (SSSR count). The number of rotatable bonds is 6. The molecule has 1 aromatic heterocycles. The van der Waals surface area contributed by atoms with Gasteiger partial charge in [0.1, 0.15) is 5.82 Å². The van der Waals surface area contributed by atoms with Gasteiger partial charge in [0.05, 0.1) is 5.69 Å². The van der Waals surface area contributed by atoms with Crippen LogP contribution < -0.4 is 15.5 Å². The normalized spacial score (nSPS) is 22.2. The molecule has 3 aliphatic rings. The van der Waals surface area contributed by atoms with E-state index in [1.54, 1.807) is 0 Å². The fourth-order valence-corrected chi connectivity index (χ4v) is 5.31. The summed E-state index contributed by atoms with van der Waals surface area (Å²) < 4.78 is 0. The van der Waals surface area contributed by atoms with Crippen molar-refractivity contribution in [3.05, 3.63) is 47.2 Å². The van der Waals surface area contributed by atoms with Gasteiger partial charge in [0.2, 0.25) is 5.95 Å². The van der Waals surface area contributed by atoms with Gasteiger partial charge < -0.3 is 15.5 Å². The van der Waals surface area contributed by atoms with Crippen LogP contribution in [-0.2, 0) is 19.5 Å². The summed E-state index contributed by atoms with van der Waals surface area (Å²) in [6.07, 6.45) is 8.73. The lowest BCUT2D eigenvalue weighted by Gasteiger charge is -2.29. The zero-order valence-corrected chi connectivity index (χ0v) is 18.7. The van der Waals surface area contributed by atoms with Gasteiger partial charge in [-0.3, -0.25) is 4.90 Å². The second-order valence-corrected chi connectivity index (χ2v) is 9.26. The molecule has 0 spiro atoms. The third-order valence-corrected chi connectivity index (χ3v) is 7.04. The molecule has 2 aromatic rings. The van der Waals surface area contributed by atoms with E-state index < -0.39 is 0 Å². The molecular weight excluding hydrogens is 384 g/mol. The van der Waals surface area contributed by atoms with Crippen LogP contribution in [0, 0.1) is 0 Å². The molecule has 6 nitrogen and oxygen atoms in total. The maximum absolute atomic E-state index is 5.07. The van der Waals surface area contributed by atoms with E-state index >= 15 is 0 Å². The number of benzene rings is 1. The fourth-order valence-electron chi connectivity index (χ4n) is 5.31. The van der Waals surface area contributed by atoms with Crippen molar-refractivity contribution in [2.45, 2.75) is 64.1 Å². The Kier molecular flexibility index (Phi) is 6.65. The van der Waals surface area contributed by atoms with Crippen molar-refractivity contribution >= 4 is 11.8 Å². The number of likely N-dealkylation sites (tertiary alicyclic amines) is 1. The monoisotopic (exact) mass is 420 g/mol. The van der Waals surface area contributed by atoms with Gasteiger partial charge in [-0.2, -0.15) is 4.98 Å². The van der Waals surface area contributed by atoms with Crippen molar-refractivity contribution in [1.29, 1.82) is 0 Å². The highest BCUT2D eigenvalue weighted by Crippen LogP contribution is 2.28. The van der Waals surface area contributed by atoms with Crippen molar-refractivity contribution in [1.82, 2.24) is 20.2 Å². The van der Waals surface area contributed by atoms with Crippen molar-refractivity contribution in [2.75, 3.05) is 42.9 Å². The molecule has 4 heterocycles. The Labute approximate surface area is 186 Å². The minimum absolute atomic E-state index is 0.545. The van der Waals surface area contributed by atoms with Gasteiger partial charge in [0, 0.05) is 57.3 Å². The molecule has 0 amide bonds. The molecule has 31 heavy (non-hydrogen) atoms. The summed E-state index contributed by atoms with van der Waals surface area (Å²) >= 11 is 0. The van der Waals surface area contributed by atoms with E-state index in [4.69, 9.17) is 9.97 Å². The Bertz CT molecular complexity index is 847. The van der Waals surface area contributed by atoms with E-state index in [0.717, 1.165) is 51.6 Å². The van der Waals surface area contributed by atoms with Crippen LogP contribution >= 0.6 is 0 Å². The fraction of sp³-hybridized carbons (Fsp3) is 0.600. The van der Waals surface area contributed by atoms with Gasteiger partial charge in [-0.05, 0) is 37.8 Å². The lowest BCUT2D eigenvalue weighted by Crippen LogP contribution is -2.35. The van der Waals surface area contributed by atoms with Crippen molar-refractivity contribution in [3.63, 3.8) is 0 Å². The van der Waals surface area contributed by atoms with Crippen molar-refractivity contribution in [2.24, 2.45) is 0 Å². The third-order valence-electron chi connectivity index (χ3n) is 7.04. The summed E-state index contributed by atoms with van der Waals surface area (Å²) in [6, 6.07) is 11.4. The average Bonchev–Trinajstić information content (AvgIpc) is 3.07. The zero-order chi connectivity index (χ0) is 20.9. The Morgan fingerprint density at radius 3 is 2.65 bits per heavy atom. The molecule has 2 fully saturated rings. The minimum Gasteiger partial charge on any atom is -0.356 e. The maximum Gasteiger partial charge on any atom is 0.224 e. The second kappa shape index (κ2) is 9.96. The molecule has 1 unspecified atom stereocenters. The number of hydrogen-bond acceptors (Lipinski definition) is 6. The van der Waals surface area contributed by atoms with Crippen LogP contribution in [0.5, 0.6) is 0 Å². The molecule has 2 saturated heterocycles. The van der Waals surface area contributed by atoms with Gasteiger partial charge in [0.15, 0.2) is 0 Å². The van der Waals surface area contributed by atoms with Crippen LogP contribution in [0.3, 0.4) is 0 Å². The Morgan fingerprint density at radius 1 is 0.968 bits per heavy atom. The molecule has 6 heteroatoms. The average molecular weight is 421 g/mol. The van der Waals surface area contributed by atoms with Crippen LogP contribution in [0.2, 0.25) is 0 Å². The first kappa shape index (κ1) is 20.7. The van der Waals surface area contributed by atoms with E-state index in [-0.39, 0.29) is 0 Å². The summed E-state index contributed by atoms with van der Waals surface area (Å²) in [5, 5.41) is 7.16. The summed E-state index contributed by atoms with van der Waals surface area (Å²) in [5.41, 5.74) is 3.96. The topological polar surface area (TPSA) is 56.3 Å². The number of nitrogens with zero attached hydrogens (tertiary/aromatic N) is 4. The zero-order valence-electron chi connectivity index (χ0n) is 18.7. The number of fused-ring (bicyclic) bond motifs is 1. The van der Waals surface area contributed by atoms with Gasteiger partial charge in [0.25, 0.3) is 0 Å². The van der Waals surface area contributed by atoms with Gasteiger partial charge in [-0.15, -0.1) is 0 Å². The maximum atomic E-state index is 5.07. The lowest BCUT2D eigenvalue weighted by molar-refractivity contribution is 0.254. The quantitative estimate of drug-likeness (QED) is 0.745. The smallest absolute Gasteiger partial charge is 0.224 e. The third kappa shape index (κ3) is 5.01. The van der Waals surface area contributed by atoms with E-state index in [1.807, 2.05) is 0 Å². The first-order valence-corrected chi connectivity index (χ1v) is 12.2. The minimum atomic E-state index is 0.545. The largest absolute Gasteiger partial charge is 0.356 e. The summed E-state index contributed by atoms with van der Waals surface area (Å²) in [4.78, 5) is 15.1. The Hall–Kier alpha value is -2.18. The molecule has 0 bridgehead atoms. The predicted octanol–water partition coefficient (Wildman–Crippen LogP) is 3.58. The van der Waals surface area contributed by atoms with Gasteiger partial charge >= 0.3 is 0 Å². The molecule has 1 atom stereocenters. The molecule has 0 radical (unpaired) electrons. The highest BCUT2D eigenvalue weighted by Gasteiger charge is 2.26. The van der Waals surface area contributed by atoms with Gasteiger partial charge in [-0.25, -0.2) is 4.98 Å². The van der Waals surface area contributed by atoms with Crippen LogP contribution in [0.25, 0.3) is 0 Å². The molecule has 0 aliphatic carbocycles. The number of nitrogens with one attached hydrogen (secondary N) is 2. The Morgan fingerprint density at radius 2 is 1.81 bits per heavy atom. The van der Waals surface area contributed by atoms with Crippen LogP contribution in [0.1, 0.15) is 55.3 Å². The van der Waals surface area contributed by atoms with E-state index in [9.17, 15) is 0 Å². The van der Waals surface area contributed by atoms with Crippen LogP contribution in [0.4, 0.5) is 11.8 Å². The Balaban J connectivity index is 1.30. The number of hydrogen-bond donors (Lipinski definition) is 2. The molecular formula is C25H36N6. The second-order valence-electron chi connectivity index (χ2n) is 9.26. The van der Waals surface area contributed by atoms with Crippen molar-refractivity contribution in [3.8, 4) is 0 Å². The highest BCUT2D eigenvalue weighted by atomic mass is 15.3. The summed E-state index contributed by atoms with van der Waals surface area (Å²) in [6.45, 7) is 7.28. The molecule has 2 N–H and O–H groups in total. The standard InChI is InChI=1S/C25H36N6/c1-2-7-15-30(14-6-1)24-22-18-26-13-12-23(22)28-25(29-24)27-17-21-11-8-16-31(21)19-20-9-4-3-5-10-20/h3-5,9-10,21,26H,1-2,6-8,11-19H2,(H,27,28,29). The molecule has 0 saturated carbocycles. The van der Waals surface area contributed by atoms with Crippen molar-refractivity contribution < 1.29 is 0 Å². The summed E-state index contributed by atoms with van der Waals surface area (Å²) in [5.74, 6) is 2.00. The first-order chi connectivity index (χ1) is 15.4. The molecule has 1 aromatic carbocycles. The van der Waals surface area contributed by atoms with E-state index in [1.165, 1.54) is 67.7 Å². The predicted molar refractivity (Wildman–Crippen MR) is 126 cm³/mol.